The molecule has 4 aromatic rings. The third kappa shape index (κ3) is 5.00. The number of carbonyl (C=O) groups is 2. The fourth-order valence-electron chi connectivity index (χ4n) is 3.42. The summed E-state index contributed by atoms with van der Waals surface area (Å²) in [6.45, 7) is 3.15. The molecule has 0 fully saturated rings. The van der Waals surface area contributed by atoms with Gasteiger partial charge in [0.1, 0.15) is 11.6 Å². The van der Waals surface area contributed by atoms with E-state index in [0.717, 1.165) is 34.5 Å². The maximum atomic E-state index is 13.7. The Balaban J connectivity index is 1.42. The van der Waals surface area contributed by atoms with Gasteiger partial charge in [-0.25, -0.2) is 9.37 Å². The lowest BCUT2D eigenvalue weighted by Gasteiger charge is -2.06. The van der Waals surface area contributed by atoms with Gasteiger partial charge in [-0.15, -0.1) is 0 Å². The SMILES string of the molecule is CC(=O)Nc1ccc(CCc2nc3ccc(C(=O)Nc4ccc(C)c(F)c4)cc3[nH]2)cc1. The van der Waals surface area contributed by atoms with Gasteiger partial charge in [-0.05, 0) is 66.9 Å². The number of aromatic amines is 1. The molecule has 32 heavy (non-hydrogen) atoms. The van der Waals surface area contributed by atoms with Gasteiger partial charge in [0.15, 0.2) is 0 Å². The van der Waals surface area contributed by atoms with Crippen LogP contribution in [0.4, 0.5) is 15.8 Å². The van der Waals surface area contributed by atoms with Crippen LogP contribution in [-0.2, 0) is 17.6 Å². The number of aromatic nitrogens is 2. The molecule has 3 aromatic carbocycles. The van der Waals surface area contributed by atoms with Crippen LogP contribution in [0.15, 0.2) is 60.7 Å². The Bertz CT molecular complexity index is 1300. The first-order valence-corrected chi connectivity index (χ1v) is 10.3. The van der Waals surface area contributed by atoms with Crippen molar-refractivity contribution in [3.63, 3.8) is 0 Å². The summed E-state index contributed by atoms with van der Waals surface area (Å²) in [5, 5.41) is 5.47. The topological polar surface area (TPSA) is 86.9 Å². The highest BCUT2D eigenvalue weighted by atomic mass is 19.1. The van der Waals surface area contributed by atoms with Gasteiger partial charge in [-0.3, -0.25) is 9.59 Å². The van der Waals surface area contributed by atoms with Crippen LogP contribution >= 0.6 is 0 Å². The summed E-state index contributed by atoms with van der Waals surface area (Å²) in [5.74, 6) is 0.0509. The van der Waals surface area contributed by atoms with Crippen molar-refractivity contribution in [2.75, 3.05) is 10.6 Å². The number of nitrogens with one attached hydrogen (secondary N) is 3. The van der Waals surface area contributed by atoms with Crippen molar-refractivity contribution >= 4 is 34.2 Å². The van der Waals surface area contributed by atoms with E-state index in [9.17, 15) is 14.0 Å². The fourth-order valence-corrected chi connectivity index (χ4v) is 3.42. The van der Waals surface area contributed by atoms with Crippen molar-refractivity contribution in [3.05, 3.63) is 89.0 Å². The molecular weight excluding hydrogens is 407 g/mol. The van der Waals surface area contributed by atoms with Crippen LogP contribution in [-0.4, -0.2) is 21.8 Å². The first-order valence-electron chi connectivity index (χ1n) is 10.3. The minimum Gasteiger partial charge on any atom is -0.342 e. The molecule has 6 nitrogen and oxygen atoms in total. The second-order valence-corrected chi connectivity index (χ2v) is 7.71. The Morgan fingerprint density at radius 3 is 2.41 bits per heavy atom. The molecule has 0 atom stereocenters. The van der Waals surface area contributed by atoms with Crippen molar-refractivity contribution in [3.8, 4) is 0 Å². The van der Waals surface area contributed by atoms with Gasteiger partial charge in [0.05, 0.1) is 11.0 Å². The number of hydrogen-bond acceptors (Lipinski definition) is 3. The summed E-state index contributed by atoms with van der Waals surface area (Å²) in [7, 11) is 0. The number of benzene rings is 3. The number of carbonyl (C=O) groups excluding carboxylic acids is 2. The van der Waals surface area contributed by atoms with Crippen molar-refractivity contribution in [2.24, 2.45) is 0 Å². The smallest absolute Gasteiger partial charge is 0.255 e. The Morgan fingerprint density at radius 1 is 0.938 bits per heavy atom. The van der Waals surface area contributed by atoms with Gasteiger partial charge in [0.25, 0.3) is 5.91 Å². The van der Waals surface area contributed by atoms with Crippen molar-refractivity contribution < 1.29 is 14.0 Å². The molecule has 1 aromatic heterocycles. The third-order valence-electron chi connectivity index (χ3n) is 5.15. The lowest BCUT2D eigenvalue weighted by atomic mass is 10.1. The van der Waals surface area contributed by atoms with E-state index < -0.39 is 0 Å². The predicted octanol–water partition coefficient (Wildman–Crippen LogP) is 5.01. The number of amides is 2. The lowest BCUT2D eigenvalue weighted by molar-refractivity contribution is -0.114. The molecule has 0 unspecified atom stereocenters. The summed E-state index contributed by atoms with van der Waals surface area (Å²) in [6.07, 6.45) is 1.49. The third-order valence-corrected chi connectivity index (χ3v) is 5.15. The Kier molecular flexibility index (Phi) is 5.98. The van der Waals surface area contributed by atoms with Gasteiger partial charge < -0.3 is 15.6 Å². The molecule has 0 radical (unpaired) electrons. The van der Waals surface area contributed by atoms with Crippen LogP contribution in [0.2, 0.25) is 0 Å². The zero-order valence-electron chi connectivity index (χ0n) is 17.8. The van der Waals surface area contributed by atoms with Crippen molar-refractivity contribution in [2.45, 2.75) is 26.7 Å². The van der Waals surface area contributed by atoms with Gasteiger partial charge in [-0.2, -0.15) is 0 Å². The number of hydrogen-bond donors (Lipinski definition) is 3. The molecule has 0 aliphatic rings. The molecule has 7 heteroatoms. The maximum Gasteiger partial charge on any atom is 0.255 e. The number of aryl methyl sites for hydroxylation is 3. The van der Waals surface area contributed by atoms with E-state index >= 15 is 0 Å². The number of imidazole rings is 1. The Labute approximate surface area is 184 Å². The van der Waals surface area contributed by atoms with Crippen molar-refractivity contribution in [1.82, 2.24) is 9.97 Å². The van der Waals surface area contributed by atoms with E-state index in [0.29, 0.717) is 23.2 Å². The van der Waals surface area contributed by atoms with Crippen LogP contribution in [0.25, 0.3) is 11.0 Å². The first-order chi connectivity index (χ1) is 15.4. The largest absolute Gasteiger partial charge is 0.342 e. The Hall–Kier alpha value is -4.00. The highest BCUT2D eigenvalue weighted by molar-refractivity contribution is 6.05. The Morgan fingerprint density at radius 2 is 1.69 bits per heavy atom. The standard InChI is InChI=1S/C25H23FN4O2/c1-15-3-8-20(14-21(15)26)28-25(32)18-7-11-22-23(13-18)30-24(29-22)12-6-17-4-9-19(10-5-17)27-16(2)31/h3-5,7-11,13-14H,6,12H2,1-2H3,(H,27,31)(H,28,32)(H,29,30). The van der Waals surface area contributed by atoms with Gasteiger partial charge >= 0.3 is 0 Å². The average molecular weight is 430 g/mol. The number of rotatable bonds is 6. The molecule has 1 heterocycles. The van der Waals surface area contributed by atoms with Crippen LogP contribution in [0.1, 0.15) is 34.2 Å². The molecule has 162 valence electrons. The van der Waals surface area contributed by atoms with E-state index in [1.807, 2.05) is 24.3 Å². The summed E-state index contributed by atoms with van der Waals surface area (Å²) < 4.78 is 13.7. The minimum absolute atomic E-state index is 0.0981. The number of halogens is 1. The normalized spacial score (nSPS) is 10.8. The predicted molar refractivity (Wildman–Crippen MR) is 123 cm³/mol. The summed E-state index contributed by atoms with van der Waals surface area (Å²) in [6, 6.07) is 17.6. The molecule has 2 amide bonds. The van der Waals surface area contributed by atoms with Crippen LogP contribution in [0, 0.1) is 12.7 Å². The average Bonchev–Trinajstić information content (AvgIpc) is 3.17. The zero-order valence-corrected chi connectivity index (χ0v) is 17.8. The number of nitrogens with zero attached hydrogens (tertiary/aromatic N) is 1. The molecule has 4 rings (SSSR count). The first kappa shape index (κ1) is 21.2. The van der Waals surface area contributed by atoms with Crippen LogP contribution < -0.4 is 10.6 Å². The molecule has 0 aliphatic heterocycles. The highest BCUT2D eigenvalue weighted by Crippen LogP contribution is 2.18. The molecular formula is C25H23FN4O2. The van der Waals surface area contributed by atoms with Gasteiger partial charge in [0.2, 0.25) is 5.91 Å². The molecule has 3 N–H and O–H groups in total. The van der Waals surface area contributed by atoms with E-state index in [1.54, 1.807) is 37.3 Å². The van der Waals surface area contributed by atoms with Crippen molar-refractivity contribution in [1.29, 1.82) is 0 Å². The minimum atomic E-state index is -0.360. The highest BCUT2D eigenvalue weighted by Gasteiger charge is 2.11. The quantitative estimate of drug-likeness (QED) is 0.402. The van der Waals surface area contributed by atoms with E-state index in [2.05, 4.69) is 20.6 Å². The summed E-state index contributed by atoms with van der Waals surface area (Å²) >= 11 is 0. The number of anilines is 2. The van der Waals surface area contributed by atoms with Gasteiger partial charge in [0, 0.05) is 30.3 Å². The monoisotopic (exact) mass is 430 g/mol. The molecule has 0 saturated carbocycles. The van der Waals surface area contributed by atoms with Crippen LogP contribution in [0.3, 0.4) is 0 Å². The molecule has 0 aliphatic carbocycles. The second kappa shape index (κ2) is 9.01. The lowest BCUT2D eigenvalue weighted by Crippen LogP contribution is -2.12. The molecule has 0 saturated heterocycles. The second-order valence-electron chi connectivity index (χ2n) is 7.71. The zero-order chi connectivity index (χ0) is 22.7. The number of fused-ring (bicyclic) bond motifs is 1. The summed E-state index contributed by atoms with van der Waals surface area (Å²) in [4.78, 5) is 31.6. The maximum absolute atomic E-state index is 13.7. The van der Waals surface area contributed by atoms with E-state index in [4.69, 9.17) is 0 Å². The molecule has 0 bridgehead atoms. The van der Waals surface area contributed by atoms with Gasteiger partial charge in [-0.1, -0.05) is 18.2 Å². The fraction of sp³-hybridized carbons (Fsp3) is 0.160. The van der Waals surface area contributed by atoms with E-state index in [-0.39, 0.29) is 17.6 Å². The molecule has 0 spiro atoms. The van der Waals surface area contributed by atoms with Crippen LogP contribution in [0.5, 0.6) is 0 Å². The summed E-state index contributed by atoms with van der Waals surface area (Å²) in [5.41, 5.74) is 4.84. The van der Waals surface area contributed by atoms with E-state index in [1.165, 1.54) is 13.0 Å². The number of H-pyrrole nitrogens is 1.